The molecule has 0 saturated carbocycles. The third kappa shape index (κ3) is 4.83. The van der Waals surface area contributed by atoms with Crippen LogP contribution in [0.1, 0.15) is 15.9 Å². The van der Waals surface area contributed by atoms with E-state index in [-0.39, 0.29) is 11.3 Å². The molecule has 0 heterocycles. The number of benzene rings is 2. The Bertz CT molecular complexity index is 795. The number of rotatable bonds is 5. The van der Waals surface area contributed by atoms with Gasteiger partial charge < -0.3 is 5.32 Å². The predicted octanol–water partition coefficient (Wildman–Crippen LogP) is 3.33. The quantitative estimate of drug-likeness (QED) is 0.435. The van der Waals surface area contributed by atoms with Gasteiger partial charge in [0.05, 0.1) is 10.5 Å². The number of anilines is 1. The summed E-state index contributed by atoms with van der Waals surface area (Å²) in [5.74, 6) is -0.0224. The predicted molar refractivity (Wildman–Crippen MR) is 98.0 cm³/mol. The van der Waals surface area contributed by atoms with E-state index in [0.29, 0.717) is 15.0 Å². The summed E-state index contributed by atoms with van der Waals surface area (Å²) in [4.78, 5) is 22.6. The van der Waals surface area contributed by atoms with Gasteiger partial charge in [0.2, 0.25) is 0 Å². The zero-order chi connectivity index (χ0) is 17.0. The molecule has 0 aliphatic carbocycles. The number of carbonyl (C=O) groups excluding carboxylic acids is 1. The monoisotopic (exact) mass is 444 g/mol. The van der Waals surface area contributed by atoms with Gasteiger partial charge in [0, 0.05) is 44.2 Å². The molecule has 0 bridgehead atoms. The zero-order valence-corrected chi connectivity index (χ0v) is 15.1. The van der Waals surface area contributed by atoms with Crippen molar-refractivity contribution in [3.8, 4) is 0 Å². The molecule has 0 aliphatic heterocycles. The number of nitrogens with zero attached hydrogens (tertiary/aromatic N) is 1. The van der Waals surface area contributed by atoms with Crippen LogP contribution in [0, 0.1) is 13.7 Å². The molecule has 1 amide bonds. The molecule has 0 aromatic heterocycles. The number of carbonyl (C=O) groups is 1. The first-order chi connectivity index (χ1) is 10.9. The van der Waals surface area contributed by atoms with Gasteiger partial charge in [-0.25, -0.2) is 0 Å². The van der Waals surface area contributed by atoms with E-state index < -0.39 is 21.6 Å². The standard InChI is InChI=1S/C15H13IN2O4S/c1-23(22)9-10-3-2-4-11(7-10)17-15(19)13-8-12(18(20)21)5-6-14(13)16/h2-8H,9H2,1H3,(H,17,19). The van der Waals surface area contributed by atoms with Gasteiger partial charge >= 0.3 is 0 Å². The molecule has 120 valence electrons. The SMILES string of the molecule is CS(=O)Cc1cccc(NC(=O)c2cc([N+](=O)[O-])ccc2I)c1. The van der Waals surface area contributed by atoms with Crippen LogP contribution in [0.15, 0.2) is 42.5 Å². The molecular formula is C15H13IN2O4S. The van der Waals surface area contributed by atoms with Gasteiger partial charge in [0.15, 0.2) is 0 Å². The van der Waals surface area contributed by atoms with Crippen LogP contribution in [0.4, 0.5) is 11.4 Å². The van der Waals surface area contributed by atoms with E-state index in [4.69, 9.17) is 0 Å². The molecule has 23 heavy (non-hydrogen) atoms. The lowest BCUT2D eigenvalue weighted by Crippen LogP contribution is -2.14. The number of halogens is 1. The molecule has 0 aliphatic rings. The molecule has 0 fully saturated rings. The van der Waals surface area contributed by atoms with Gasteiger partial charge in [-0.05, 0) is 46.4 Å². The second-order valence-electron chi connectivity index (χ2n) is 4.79. The summed E-state index contributed by atoms with van der Waals surface area (Å²) >= 11 is 1.96. The normalized spacial score (nSPS) is 11.7. The van der Waals surface area contributed by atoms with E-state index in [2.05, 4.69) is 5.32 Å². The third-order valence-electron chi connectivity index (χ3n) is 2.96. The number of nitro benzene ring substituents is 1. The van der Waals surface area contributed by atoms with Crippen LogP contribution in [0.5, 0.6) is 0 Å². The highest BCUT2D eigenvalue weighted by Gasteiger charge is 2.15. The first kappa shape index (κ1) is 17.5. The minimum absolute atomic E-state index is 0.134. The van der Waals surface area contributed by atoms with Crippen molar-refractivity contribution in [3.63, 3.8) is 0 Å². The lowest BCUT2D eigenvalue weighted by molar-refractivity contribution is -0.384. The zero-order valence-electron chi connectivity index (χ0n) is 12.1. The number of nitrogens with one attached hydrogen (secondary N) is 1. The first-order valence-electron chi connectivity index (χ1n) is 6.51. The van der Waals surface area contributed by atoms with Crippen LogP contribution in [0.25, 0.3) is 0 Å². The van der Waals surface area contributed by atoms with E-state index in [9.17, 15) is 19.1 Å². The minimum atomic E-state index is -0.974. The lowest BCUT2D eigenvalue weighted by atomic mass is 10.1. The maximum absolute atomic E-state index is 12.3. The molecule has 2 rings (SSSR count). The van der Waals surface area contributed by atoms with Crippen molar-refractivity contribution >= 4 is 50.7 Å². The fourth-order valence-corrected chi connectivity index (χ4v) is 3.20. The number of hydrogen-bond donors (Lipinski definition) is 1. The van der Waals surface area contributed by atoms with Crippen LogP contribution < -0.4 is 5.32 Å². The van der Waals surface area contributed by atoms with Crippen LogP contribution in [0.2, 0.25) is 0 Å². The summed E-state index contributed by atoms with van der Waals surface area (Å²) in [6.07, 6.45) is 1.61. The summed E-state index contributed by atoms with van der Waals surface area (Å²) in [7, 11) is -0.974. The molecule has 2 aromatic carbocycles. The van der Waals surface area contributed by atoms with Crippen molar-refractivity contribution in [1.82, 2.24) is 0 Å². The van der Waals surface area contributed by atoms with Crippen molar-refractivity contribution in [2.24, 2.45) is 0 Å². The Kier molecular flexibility index (Phi) is 5.83. The third-order valence-corrected chi connectivity index (χ3v) is 4.64. The summed E-state index contributed by atoms with van der Waals surface area (Å²) in [5.41, 5.74) is 1.51. The summed E-state index contributed by atoms with van der Waals surface area (Å²) < 4.78 is 11.9. The van der Waals surface area contributed by atoms with E-state index >= 15 is 0 Å². The van der Waals surface area contributed by atoms with Crippen LogP contribution >= 0.6 is 22.6 Å². The fourth-order valence-electron chi connectivity index (χ4n) is 1.97. The topological polar surface area (TPSA) is 89.3 Å². The Hall–Kier alpha value is -1.81. The highest BCUT2D eigenvalue weighted by Crippen LogP contribution is 2.21. The van der Waals surface area contributed by atoms with E-state index in [1.54, 1.807) is 24.5 Å². The lowest BCUT2D eigenvalue weighted by Gasteiger charge is -2.08. The Morgan fingerprint density at radius 2 is 2.04 bits per heavy atom. The highest BCUT2D eigenvalue weighted by molar-refractivity contribution is 14.1. The maximum Gasteiger partial charge on any atom is 0.270 e. The van der Waals surface area contributed by atoms with E-state index in [1.807, 2.05) is 28.7 Å². The molecular weight excluding hydrogens is 431 g/mol. The molecule has 0 radical (unpaired) electrons. The fraction of sp³-hybridized carbons (Fsp3) is 0.133. The minimum Gasteiger partial charge on any atom is -0.322 e. The van der Waals surface area contributed by atoms with Crippen LogP contribution in [0.3, 0.4) is 0 Å². The van der Waals surface area contributed by atoms with Crippen molar-refractivity contribution in [1.29, 1.82) is 0 Å². The van der Waals surface area contributed by atoms with Crippen LogP contribution in [-0.4, -0.2) is 21.3 Å². The second-order valence-corrected chi connectivity index (χ2v) is 7.39. The molecule has 1 N–H and O–H groups in total. The second kappa shape index (κ2) is 7.64. The van der Waals surface area contributed by atoms with Crippen LogP contribution in [-0.2, 0) is 16.6 Å². The average Bonchev–Trinajstić information content (AvgIpc) is 2.46. The maximum atomic E-state index is 12.3. The molecule has 6 nitrogen and oxygen atoms in total. The van der Waals surface area contributed by atoms with Gasteiger partial charge in [0.25, 0.3) is 11.6 Å². The van der Waals surface area contributed by atoms with Crippen molar-refractivity contribution < 1.29 is 13.9 Å². The molecule has 0 saturated heterocycles. The number of hydrogen-bond acceptors (Lipinski definition) is 4. The largest absolute Gasteiger partial charge is 0.322 e. The van der Waals surface area contributed by atoms with Gasteiger partial charge in [-0.3, -0.25) is 19.1 Å². The first-order valence-corrected chi connectivity index (χ1v) is 9.31. The smallest absolute Gasteiger partial charge is 0.270 e. The van der Waals surface area contributed by atoms with E-state index in [1.165, 1.54) is 18.2 Å². The average molecular weight is 444 g/mol. The Morgan fingerprint density at radius 3 is 2.70 bits per heavy atom. The summed E-state index contributed by atoms with van der Waals surface area (Å²) in [5, 5.41) is 13.5. The molecule has 2 aromatic rings. The molecule has 8 heteroatoms. The van der Waals surface area contributed by atoms with Gasteiger partial charge in [-0.1, -0.05) is 12.1 Å². The van der Waals surface area contributed by atoms with E-state index in [0.717, 1.165) is 5.56 Å². The van der Waals surface area contributed by atoms with Gasteiger partial charge in [0.1, 0.15) is 0 Å². The number of amides is 1. The molecule has 0 spiro atoms. The van der Waals surface area contributed by atoms with Gasteiger partial charge in [-0.2, -0.15) is 0 Å². The highest BCUT2D eigenvalue weighted by atomic mass is 127. The van der Waals surface area contributed by atoms with Gasteiger partial charge in [-0.15, -0.1) is 0 Å². The summed E-state index contributed by atoms with van der Waals surface area (Å²) in [6.45, 7) is 0. The Balaban J connectivity index is 2.24. The van der Waals surface area contributed by atoms with Crippen molar-refractivity contribution in [2.45, 2.75) is 5.75 Å². The summed E-state index contributed by atoms with van der Waals surface area (Å²) in [6, 6.07) is 11.2. The number of non-ortho nitro benzene ring substituents is 1. The van der Waals surface area contributed by atoms with Crippen molar-refractivity contribution in [3.05, 3.63) is 67.3 Å². The molecule has 1 atom stereocenters. The van der Waals surface area contributed by atoms with Crippen molar-refractivity contribution in [2.75, 3.05) is 11.6 Å². The Labute approximate surface area is 149 Å². The molecule has 1 unspecified atom stereocenters. The number of nitro groups is 1. The Morgan fingerprint density at radius 1 is 1.30 bits per heavy atom.